The van der Waals surface area contributed by atoms with E-state index in [0.717, 1.165) is 0 Å². The van der Waals surface area contributed by atoms with Crippen molar-refractivity contribution in [2.45, 2.75) is 32.4 Å². The molecule has 0 saturated heterocycles. The van der Waals surface area contributed by atoms with E-state index in [4.69, 9.17) is 5.11 Å². The number of amides is 3. The second-order valence-corrected chi connectivity index (χ2v) is 9.19. The highest BCUT2D eigenvalue weighted by Gasteiger charge is 2.32. The lowest BCUT2D eigenvalue weighted by molar-refractivity contribution is -0.141. The van der Waals surface area contributed by atoms with Crippen molar-refractivity contribution >= 4 is 51.1 Å². The van der Waals surface area contributed by atoms with Gasteiger partial charge in [0.05, 0.1) is 12.1 Å². The smallest absolute Gasteiger partial charge is 0.313 e. The summed E-state index contributed by atoms with van der Waals surface area (Å²) >= 11 is 3.19. The molecule has 0 bridgehead atoms. The SMILES string of the molecule is CC(C)[C@H](NC(=O)C(=O)Nc1ccccc1Br)C(=O)N[C@@H](CC(=O)O)C(=O)COc1c(F)c(F)cc(F)c1F. The lowest BCUT2D eigenvalue weighted by Crippen LogP contribution is -2.56. The highest BCUT2D eigenvalue weighted by Crippen LogP contribution is 2.26. The third-order valence-electron chi connectivity index (χ3n) is 5.08. The van der Waals surface area contributed by atoms with Crippen molar-refractivity contribution in [2.24, 2.45) is 5.92 Å². The maximum Gasteiger partial charge on any atom is 0.313 e. The summed E-state index contributed by atoms with van der Waals surface area (Å²) in [6, 6.07) is 3.02. The van der Waals surface area contributed by atoms with Crippen molar-refractivity contribution in [3.05, 3.63) is 58.1 Å². The molecule has 2 rings (SSSR count). The Labute approximate surface area is 227 Å². The summed E-state index contributed by atoms with van der Waals surface area (Å²) in [4.78, 5) is 61.4. The van der Waals surface area contributed by atoms with Crippen LogP contribution < -0.4 is 20.7 Å². The maximum absolute atomic E-state index is 13.8. The number of hydrogen-bond acceptors (Lipinski definition) is 6. The standard InChI is InChI=1S/C24H22BrF4N3O7/c1-10(2)20(32-24(38)23(37)30-14-6-4-3-5-11(14)25)22(36)31-15(8-17(34)35)16(33)9-39-21-18(28)12(26)7-13(27)19(21)29/h3-7,10,15,20H,8-9H2,1-2H3,(H,30,37)(H,31,36)(H,32,38)(H,34,35)/t15-,20-/m0/s1. The van der Waals surface area contributed by atoms with Crippen molar-refractivity contribution in [2.75, 3.05) is 11.9 Å². The highest BCUT2D eigenvalue weighted by molar-refractivity contribution is 9.10. The first-order valence-corrected chi connectivity index (χ1v) is 11.9. The van der Waals surface area contributed by atoms with Crippen molar-refractivity contribution in [1.29, 1.82) is 0 Å². The summed E-state index contributed by atoms with van der Waals surface area (Å²) in [6.45, 7) is 1.69. The number of carboxylic acid groups (broad SMARTS) is 1. The molecular formula is C24H22BrF4N3O7. The molecule has 210 valence electrons. The molecule has 0 aliphatic heterocycles. The minimum atomic E-state index is -1.93. The zero-order valence-corrected chi connectivity index (χ0v) is 21.9. The van der Waals surface area contributed by atoms with Crippen LogP contribution >= 0.6 is 15.9 Å². The van der Waals surface area contributed by atoms with Gasteiger partial charge < -0.3 is 25.8 Å². The number of rotatable bonds is 11. The van der Waals surface area contributed by atoms with Crippen LogP contribution in [0.15, 0.2) is 34.8 Å². The summed E-state index contributed by atoms with van der Waals surface area (Å²) in [5.41, 5.74) is 0.265. The van der Waals surface area contributed by atoms with Crippen LogP contribution in [0.3, 0.4) is 0 Å². The number of carbonyl (C=O) groups is 5. The fraction of sp³-hybridized carbons (Fsp3) is 0.292. The maximum atomic E-state index is 13.8. The first-order chi connectivity index (χ1) is 18.2. The second kappa shape index (κ2) is 13.7. The minimum absolute atomic E-state index is 0.0773. The van der Waals surface area contributed by atoms with Gasteiger partial charge >= 0.3 is 17.8 Å². The number of anilines is 1. The number of hydrogen-bond donors (Lipinski definition) is 4. The van der Waals surface area contributed by atoms with Crippen molar-refractivity contribution in [3.63, 3.8) is 0 Å². The lowest BCUT2D eigenvalue weighted by Gasteiger charge is -2.24. The number of halogens is 5. The molecule has 0 heterocycles. The molecule has 0 saturated carbocycles. The number of para-hydroxylation sites is 1. The van der Waals surface area contributed by atoms with Gasteiger partial charge in [-0.05, 0) is 34.0 Å². The third-order valence-corrected chi connectivity index (χ3v) is 5.77. The van der Waals surface area contributed by atoms with E-state index in [-0.39, 0.29) is 11.8 Å². The predicted molar refractivity (Wildman–Crippen MR) is 130 cm³/mol. The van der Waals surface area contributed by atoms with E-state index in [2.05, 4.69) is 36.6 Å². The van der Waals surface area contributed by atoms with Crippen molar-refractivity contribution in [1.82, 2.24) is 10.6 Å². The van der Waals surface area contributed by atoms with E-state index in [9.17, 15) is 41.5 Å². The normalized spacial score (nSPS) is 12.3. The number of Topliss-reactive ketones (excluding diaryl/α,β-unsaturated/α-hetero) is 1. The quantitative estimate of drug-likeness (QED) is 0.171. The number of benzene rings is 2. The highest BCUT2D eigenvalue weighted by atomic mass is 79.9. The van der Waals surface area contributed by atoms with Crippen LogP contribution in [0.4, 0.5) is 23.2 Å². The van der Waals surface area contributed by atoms with Gasteiger partial charge in [0.15, 0.2) is 23.2 Å². The number of aliphatic carboxylic acids is 1. The van der Waals surface area contributed by atoms with Gasteiger partial charge in [-0.15, -0.1) is 0 Å². The van der Waals surface area contributed by atoms with Crippen LogP contribution in [0.2, 0.25) is 0 Å². The molecular weight excluding hydrogens is 598 g/mol. The molecule has 0 fully saturated rings. The van der Waals surface area contributed by atoms with Gasteiger partial charge in [-0.2, -0.15) is 8.78 Å². The van der Waals surface area contributed by atoms with E-state index in [1.165, 1.54) is 19.9 Å². The number of carbonyl (C=O) groups excluding carboxylic acids is 4. The summed E-state index contributed by atoms with van der Waals surface area (Å²) in [5.74, 6) is -15.9. The zero-order valence-electron chi connectivity index (χ0n) is 20.3. The van der Waals surface area contributed by atoms with Crippen molar-refractivity contribution < 1.29 is 51.4 Å². The number of ether oxygens (including phenoxy) is 1. The zero-order chi connectivity index (χ0) is 29.4. The van der Waals surface area contributed by atoms with E-state index >= 15 is 0 Å². The predicted octanol–water partition coefficient (Wildman–Crippen LogP) is 2.69. The Morgan fingerprint density at radius 2 is 1.54 bits per heavy atom. The fourth-order valence-corrected chi connectivity index (χ4v) is 3.47. The number of carboxylic acids is 1. The van der Waals surface area contributed by atoms with Crippen LogP contribution in [0.25, 0.3) is 0 Å². The average Bonchev–Trinajstić information content (AvgIpc) is 2.86. The molecule has 0 aliphatic carbocycles. The molecule has 2 atom stereocenters. The number of ketones is 1. The van der Waals surface area contributed by atoms with Gasteiger partial charge in [0, 0.05) is 10.5 Å². The summed E-state index contributed by atoms with van der Waals surface area (Å²) in [6.07, 6.45) is -1.02. The van der Waals surface area contributed by atoms with Gasteiger partial charge in [0.1, 0.15) is 18.7 Å². The molecule has 0 aromatic heterocycles. The molecule has 2 aromatic rings. The first-order valence-electron chi connectivity index (χ1n) is 11.1. The Morgan fingerprint density at radius 1 is 0.949 bits per heavy atom. The van der Waals surface area contributed by atoms with E-state index < -0.39 is 89.5 Å². The second-order valence-electron chi connectivity index (χ2n) is 8.34. The average molecular weight is 620 g/mol. The van der Waals surface area contributed by atoms with Gasteiger partial charge in [-0.3, -0.25) is 24.0 Å². The van der Waals surface area contributed by atoms with Gasteiger partial charge in [0.2, 0.25) is 17.5 Å². The Hall–Kier alpha value is -4.01. The minimum Gasteiger partial charge on any atom is -0.481 e. The molecule has 0 radical (unpaired) electrons. The summed E-state index contributed by atoms with van der Waals surface area (Å²) in [7, 11) is 0. The molecule has 4 N–H and O–H groups in total. The van der Waals surface area contributed by atoms with Gasteiger partial charge in [0.25, 0.3) is 0 Å². The van der Waals surface area contributed by atoms with Crippen LogP contribution in [-0.4, -0.2) is 53.3 Å². The summed E-state index contributed by atoms with van der Waals surface area (Å²) in [5, 5.41) is 15.7. The first kappa shape index (κ1) is 31.2. The lowest BCUT2D eigenvalue weighted by atomic mass is 10.0. The molecule has 39 heavy (non-hydrogen) atoms. The monoisotopic (exact) mass is 619 g/mol. The van der Waals surface area contributed by atoms with E-state index in [0.29, 0.717) is 4.47 Å². The molecule has 0 unspecified atom stereocenters. The Bertz CT molecular complexity index is 1270. The summed E-state index contributed by atoms with van der Waals surface area (Å²) < 4.78 is 59.4. The Balaban J connectivity index is 2.13. The molecule has 0 spiro atoms. The van der Waals surface area contributed by atoms with Gasteiger partial charge in [-0.25, -0.2) is 8.78 Å². The molecule has 0 aliphatic rings. The largest absolute Gasteiger partial charge is 0.481 e. The topological polar surface area (TPSA) is 151 Å². The van der Waals surface area contributed by atoms with E-state index in [1.54, 1.807) is 18.2 Å². The van der Waals surface area contributed by atoms with Crippen LogP contribution in [-0.2, 0) is 24.0 Å². The molecule has 10 nitrogen and oxygen atoms in total. The molecule has 15 heteroatoms. The van der Waals surface area contributed by atoms with Crippen LogP contribution in [0.5, 0.6) is 5.75 Å². The van der Waals surface area contributed by atoms with Crippen LogP contribution in [0, 0.1) is 29.2 Å². The van der Waals surface area contributed by atoms with Crippen LogP contribution in [0.1, 0.15) is 20.3 Å². The van der Waals surface area contributed by atoms with Crippen molar-refractivity contribution in [3.8, 4) is 5.75 Å². The van der Waals surface area contributed by atoms with Gasteiger partial charge in [-0.1, -0.05) is 26.0 Å². The number of nitrogens with one attached hydrogen (secondary N) is 3. The third kappa shape index (κ3) is 8.49. The Kier molecular flexibility index (Phi) is 11.0. The van der Waals surface area contributed by atoms with E-state index in [1.807, 2.05) is 0 Å². The molecule has 3 amide bonds. The molecule has 2 aromatic carbocycles. The Morgan fingerprint density at radius 3 is 2.08 bits per heavy atom. The fourth-order valence-electron chi connectivity index (χ4n) is 3.09.